The molecule has 7 nitrogen and oxygen atoms in total. The second-order valence-corrected chi connectivity index (χ2v) is 7.63. The lowest BCUT2D eigenvalue weighted by Gasteiger charge is -2.20. The van der Waals surface area contributed by atoms with E-state index in [9.17, 15) is 13.6 Å². The van der Waals surface area contributed by atoms with Crippen LogP contribution in [0.2, 0.25) is 0 Å². The molecule has 164 valence electrons. The largest absolute Gasteiger partial charge is 0.366 e. The fourth-order valence-electron chi connectivity index (χ4n) is 3.76. The van der Waals surface area contributed by atoms with E-state index in [-0.39, 0.29) is 24.1 Å². The highest BCUT2D eigenvalue weighted by atomic mass is 19.1. The number of anilines is 1. The average molecular weight is 436 g/mol. The third-order valence-corrected chi connectivity index (χ3v) is 5.32. The monoisotopic (exact) mass is 436 g/mol. The number of hydrogen-bond acceptors (Lipinski definition) is 5. The molecule has 0 saturated carbocycles. The Kier molecular flexibility index (Phi) is 5.81. The second-order valence-electron chi connectivity index (χ2n) is 7.63. The smallest absolute Gasteiger partial charge is 0.254 e. The number of amides is 1. The number of carbonyl (C=O) groups excluding carboxylic acids is 1. The Morgan fingerprint density at radius 2 is 1.81 bits per heavy atom. The lowest BCUT2D eigenvalue weighted by molar-refractivity contribution is -0.121. The molecular formula is C23H22F2N6O. The Bertz CT molecular complexity index is 1300. The first-order valence-corrected chi connectivity index (χ1v) is 10.1. The minimum Gasteiger partial charge on any atom is -0.366 e. The zero-order valence-electron chi connectivity index (χ0n) is 17.6. The van der Waals surface area contributed by atoms with Crippen LogP contribution in [0.1, 0.15) is 34.1 Å². The van der Waals surface area contributed by atoms with Crippen molar-refractivity contribution in [3.05, 3.63) is 88.2 Å². The summed E-state index contributed by atoms with van der Waals surface area (Å²) in [6, 6.07) is 11.6. The molecule has 4 aromatic rings. The van der Waals surface area contributed by atoms with E-state index in [4.69, 9.17) is 5.73 Å². The molecule has 1 atom stereocenters. The SMILES string of the molecule is Cc1nc2nc(N)nn2c(C)c1CC(=O)NC(Cc1cccc(F)c1)c1cccc(F)c1. The Morgan fingerprint density at radius 1 is 1.09 bits per heavy atom. The van der Waals surface area contributed by atoms with Crippen LogP contribution >= 0.6 is 0 Å². The van der Waals surface area contributed by atoms with Crippen molar-refractivity contribution in [2.45, 2.75) is 32.7 Å². The molecule has 0 aliphatic rings. The van der Waals surface area contributed by atoms with E-state index in [1.54, 1.807) is 31.2 Å². The third kappa shape index (κ3) is 4.56. The molecule has 0 saturated heterocycles. The summed E-state index contributed by atoms with van der Waals surface area (Å²) in [5.74, 6) is -0.597. The van der Waals surface area contributed by atoms with Crippen molar-refractivity contribution in [3.8, 4) is 0 Å². The molecule has 0 fully saturated rings. The molecule has 2 aromatic carbocycles. The molecule has 1 unspecified atom stereocenters. The number of hydrogen-bond donors (Lipinski definition) is 2. The van der Waals surface area contributed by atoms with Crippen LogP contribution in [0.3, 0.4) is 0 Å². The molecule has 1 amide bonds. The van der Waals surface area contributed by atoms with Crippen LogP contribution in [0.4, 0.5) is 14.7 Å². The van der Waals surface area contributed by atoms with Crippen LogP contribution in [-0.2, 0) is 17.6 Å². The molecule has 9 heteroatoms. The summed E-state index contributed by atoms with van der Waals surface area (Å²) in [6.07, 6.45) is 0.344. The van der Waals surface area contributed by atoms with Crippen molar-refractivity contribution in [2.24, 2.45) is 0 Å². The van der Waals surface area contributed by atoms with Crippen LogP contribution < -0.4 is 11.1 Å². The molecule has 2 heterocycles. The van der Waals surface area contributed by atoms with Gasteiger partial charge in [0.25, 0.3) is 5.78 Å². The van der Waals surface area contributed by atoms with Gasteiger partial charge in [-0.3, -0.25) is 4.79 Å². The molecule has 32 heavy (non-hydrogen) atoms. The summed E-state index contributed by atoms with van der Waals surface area (Å²) >= 11 is 0. The number of nitrogens with two attached hydrogens (primary N) is 1. The van der Waals surface area contributed by atoms with E-state index in [2.05, 4.69) is 20.4 Å². The Balaban J connectivity index is 1.60. The van der Waals surface area contributed by atoms with Crippen molar-refractivity contribution in [1.29, 1.82) is 0 Å². The maximum Gasteiger partial charge on any atom is 0.254 e. The summed E-state index contributed by atoms with van der Waals surface area (Å²) in [5, 5.41) is 7.07. The quantitative estimate of drug-likeness (QED) is 0.484. The number of benzene rings is 2. The standard InChI is InChI=1S/C23H22F2N6O/c1-13-19(14(2)31-23(27-13)29-22(26)30-31)12-21(32)28-20(16-6-4-8-18(25)11-16)10-15-5-3-7-17(24)9-15/h3-9,11,20H,10,12H2,1-2H3,(H2,26,30)(H,28,32). The average Bonchev–Trinajstić information content (AvgIpc) is 3.11. The minimum absolute atomic E-state index is 0.0370. The number of nitrogen functional groups attached to an aromatic ring is 1. The topological polar surface area (TPSA) is 98.2 Å². The van der Waals surface area contributed by atoms with Gasteiger partial charge in [-0.15, -0.1) is 5.10 Å². The molecule has 0 spiro atoms. The second kappa shape index (κ2) is 8.70. The van der Waals surface area contributed by atoms with E-state index in [0.29, 0.717) is 40.3 Å². The number of nitrogens with one attached hydrogen (secondary N) is 1. The highest BCUT2D eigenvalue weighted by Crippen LogP contribution is 2.21. The first-order valence-electron chi connectivity index (χ1n) is 10.1. The number of halogens is 2. The van der Waals surface area contributed by atoms with Gasteiger partial charge in [-0.1, -0.05) is 24.3 Å². The van der Waals surface area contributed by atoms with E-state index < -0.39 is 11.9 Å². The first kappa shape index (κ1) is 21.4. The molecule has 4 rings (SSSR count). The van der Waals surface area contributed by atoms with Crippen LogP contribution in [0.25, 0.3) is 5.78 Å². The van der Waals surface area contributed by atoms with Gasteiger partial charge < -0.3 is 11.1 Å². The summed E-state index contributed by atoms with van der Waals surface area (Å²) < 4.78 is 29.0. The maximum atomic E-state index is 13.9. The highest BCUT2D eigenvalue weighted by molar-refractivity contribution is 5.79. The normalized spacial score (nSPS) is 12.1. The van der Waals surface area contributed by atoms with Crippen LogP contribution in [0, 0.1) is 25.5 Å². The van der Waals surface area contributed by atoms with Crippen molar-refractivity contribution in [1.82, 2.24) is 24.9 Å². The lowest BCUT2D eigenvalue weighted by atomic mass is 9.98. The predicted octanol–water partition coefficient (Wildman–Crippen LogP) is 3.24. The lowest BCUT2D eigenvalue weighted by Crippen LogP contribution is -2.32. The Morgan fingerprint density at radius 3 is 2.53 bits per heavy atom. The van der Waals surface area contributed by atoms with Gasteiger partial charge in [0, 0.05) is 17.0 Å². The molecule has 2 aromatic heterocycles. The maximum absolute atomic E-state index is 13.9. The number of aromatic nitrogens is 4. The zero-order chi connectivity index (χ0) is 22.8. The fraction of sp³-hybridized carbons (Fsp3) is 0.217. The van der Waals surface area contributed by atoms with Gasteiger partial charge in [0.05, 0.1) is 12.5 Å². The van der Waals surface area contributed by atoms with Crippen molar-refractivity contribution in [3.63, 3.8) is 0 Å². The Hall–Kier alpha value is -3.88. The van der Waals surface area contributed by atoms with Crippen molar-refractivity contribution < 1.29 is 13.6 Å². The molecular weight excluding hydrogens is 414 g/mol. The van der Waals surface area contributed by atoms with Gasteiger partial charge in [-0.05, 0) is 55.7 Å². The van der Waals surface area contributed by atoms with Crippen LogP contribution in [0.5, 0.6) is 0 Å². The summed E-state index contributed by atoms with van der Waals surface area (Å²) in [7, 11) is 0. The first-order chi connectivity index (χ1) is 15.3. The Labute approximate surface area is 183 Å². The van der Waals surface area contributed by atoms with Crippen LogP contribution in [0.15, 0.2) is 48.5 Å². The van der Waals surface area contributed by atoms with Crippen molar-refractivity contribution >= 4 is 17.6 Å². The molecule has 3 N–H and O–H groups in total. The van der Waals surface area contributed by atoms with Gasteiger partial charge in [-0.2, -0.15) is 9.50 Å². The minimum atomic E-state index is -0.542. The van der Waals surface area contributed by atoms with E-state index >= 15 is 0 Å². The molecule has 0 aliphatic heterocycles. The summed E-state index contributed by atoms with van der Waals surface area (Å²) in [5.41, 5.74) is 9.00. The fourth-order valence-corrected chi connectivity index (χ4v) is 3.76. The molecule has 0 bridgehead atoms. The van der Waals surface area contributed by atoms with Gasteiger partial charge in [0.1, 0.15) is 11.6 Å². The summed E-state index contributed by atoms with van der Waals surface area (Å²) in [4.78, 5) is 21.4. The van der Waals surface area contributed by atoms with Crippen LogP contribution in [-0.4, -0.2) is 25.5 Å². The number of rotatable bonds is 6. The van der Waals surface area contributed by atoms with Gasteiger partial charge >= 0.3 is 0 Å². The van der Waals surface area contributed by atoms with E-state index in [1.165, 1.54) is 28.8 Å². The summed E-state index contributed by atoms with van der Waals surface area (Å²) in [6.45, 7) is 3.60. The predicted molar refractivity (Wildman–Crippen MR) is 116 cm³/mol. The van der Waals surface area contributed by atoms with E-state index in [1.807, 2.05) is 6.92 Å². The molecule has 0 radical (unpaired) electrons. The zero-order valence-corrected chi connectivity index (χ0v) is 17.6. The van der Waals surface area contributed by atoms with Gasteiger partial charge in [0.2, 0.25) is 11.9 Å². The number of carbonyl (C=O) groups is 1. The number of nitrogens with zero attached hydrogens (tertiary/aromatic N) is 4. The third-order valence-electron chi connectivity index (χ3n) is 5.32. The van der Waals surface area contributed by atoms with Gasteiger partial charge in [0.15, 0.2) is 0 Å². The number of fused-ring (bicyclic) bond motifs is 1. The molecule has 0 aliphatic carbocycles. The van der Waals surface area contributed by atoms with Gasteiger partial charge in [-0.25, -0.2) is 13.8 Å². The van der Waals surface area contributed by atoms with Crippen molar-refractivity contribution in [2.75, 3.05) is 5.73 Å². The highest BCUT2D eigenvalue weighted by Gasteiger charge is 2.20. The number of aryl methyl sites for hydroxylation is 2. The van der Waals surface area contributed by atoms with E-state index in [0.717, 1.165) is 0 Å².